The van der Waals surface area contributed by atoms with Gasteiger partial charge in [0.2, 0.25) is 11.8 Å². The predicted molar refractivity (Wildman–Crippen MR) is 83.2 cm³/mol. The van der Waals surface area contributed by atoms with Gasteiger partial charge in [0.25, 0.3) is 0 Å². The number of aryl methyl sites for hydroxylation is 1. The van der Waals surface area contributed by atoms with Gasteiger partial charge in [-0.1, -0.05) is 23.4 Å². The number of carbonyl (C=O) groups excluding carboxylic acids is 1. The van der Waals surface area contributed by atoms with Crippen molar-refractivity contribution in [3.8, 4) is 0 Å². The molecule has 0 aliphatic rings. The lowest BCUT2D eigenvalue weighted by atomic mass is 10.2. The van der Waals surface area contributed by atoms with Gasteiger partial charge in [0.05, 0.1) is 4.90 Å². The Bertz CT molecular complexity index is 754. The van der Waals surface area contributed by atoms with Crippen molar-refractivity contribution >= 4 is 15.7 Å². The highest BCUT2D eigenvalue weighted by Gasteiger charge is 2.19. The first-order chi connectivity index (χ1) is 10.9. The maximum Gasteiger partial charge on any atom is 0.227 e. The van der Waals surface area contributed by atoms with Gasteiger partial charge in [-0.3, -0.25) is 4.79 Å². The molecule has 0 aliphatic heterocycles. The molecule has 2 aromatic rings. The fourth-order valence-corrected chi connectivity index (χ4v) is 3.14. The van der Waals surface area contributed by atoms with Crippen LogP contribution in [-0.2, 0) is 26.8 Å². The summed E-state index contributed by atoms with van der Waals surface area (Å²) >= 11 is 0. The number of benzene rings is 1. The Morgan fingerprint density at radius 3 is 2.61 bits per heavy atom. The number of carbonyl (C=O) groups is 1. The molecule has 0 aliphatic carbocycles. The summed E-state index contributed by atoms with van der Waals surface area (Å²) in [7, 11) is -3.51. The smallest absolute Gasteiger partial charge is 0.227 e. The fraction of sp³-hybridized carbons (Fsp3) is 0.400. The lowest BCUT2D eigenvalue weighted by Crippen LogP contribution is -2.30. The van der Waals surface area contributed by atoms with E-state index in [1.165, 1.54) is 12.1 Å². The molecule has 2 rings (SSSR count). The quantitative estimate of drug-likeness (QED) is 0.821. The van der Waals surface area contributed by atoms with Gasteiger partial charge in [0, 0.05) is 18.9 Å². The first-order valence-electron chi connectivity index (χ1n) is 7.25. The van der Waals surface area contributed by atoms with Crippen molar-refractivity contribution in [1.82, 2.24) is 15.5 Å². The second-order valence-corrected chi connectivity index (χ2v) is 7.39. The molecule has 0 unspecified atom stereocenters. The van der Waals surface area contributed by atoms with Crippen LogP contribution in [0.4, 0.5) is 0 Å². The van der Waals surface area contributed by atoms with Crippen LogP contribution in [0.5, 0.6) is 0 Å². The van der Waals surface area contributed by atoms with Gasteiger partial charge in [-0.15, -0.1) is 0 Å². The molecule has 0 atom stereocenters. The second-order valence-electron chi connectivity index (χ2n) is 5.40. The Hall–Kier alpha value is -2.22. The summed E-state index contributed by atoms with van der Waals surface area (Å²) in [4.78, 5) is 15.8. The van der Waals surface area contributed by atoms with Crippen LogP contribution in [0.2, 0.25) is 0 Å². The van der Waals surface area contributed by atoms with E-state index in [4.69, 9.17) is 4.52 Å². The zero-order valence-electron chi connectivity index (χ0n) is 13.0. The SMILES string of the molecule is CC(C)NC(=O)CCc1nc(CS(=O)(=O)c2ccccc2)no1. The van der Waals surface area contributed by atoms with Crippen molar-refractivity contribution in [2.75, 3.05) is 0 Å². The highest BCUT2D eigenvalue weighted by atomic mass is 32.2. The highest BCUT2D eigenvalue weighted by Crippen LogP contribution is 2.14. The topological polar surface area (TPSA) is 102 Å². The van der Waals surface area contributed by atoms with E-state index in [0.717, 1.165) is 0 Å². The zero-order valence-corrected chi connectivity index (χ0v) is 13.8. The van der Waals surface area contributed by atoms with Crippen molar-refractivity contribution in [2.45, 2.75) is 43.4 Å². The molecular formula is C15H19N3O4S. The summed E-state index contributed by atoms with van der Waals surface area (Å²) in [5.74, 6) is -0.106. The molecule has 0 saturated heterocycles. The van der Waals surface area contributed by atoms with Crippen LogP contribution in [-0.4, -0.2) is 30.5 Å². The summed E-state index contributed by atoms with van der Waals surface area (Å²) in [6.07, 6.45) is 0.488. The van der Waals surface area contributed by atoms with Crippen LogP contribution in [0.25, 0.3) is 0 Å². The molecule has 1 aromatic heterocycles. The van der Waals surface area contributed by atoms with E-state index in [2.05, 4.69) is 15.5 Å². The Balaban J connectivity index is 1.96. The number of nitrogens with one attached hydrogen (secondary N) is 1. The van der Waals surface area contributed by atoms with Gasteiger partial charge in [-0.25, -0.2) is 8.42 Å². The maximum absolute atomic E-state index is 12.2. The Labute approximate surface area is 135 Å². The van der Waals surface area contributed by atoms with Crippen molar-refractivity contribution < 1.29 is 17.7 Å². The minimum atomic E-state index is -3.51. The average molecular weight is 337 g/mol. The predicted octanol–water partition coefficient (Wildman–Crippen LogP) is 1.50. The number of sulfone groups is 1. The van der Waals surface area contributed by atoms with Crippen molar-refractivity contribution in [3.05, 3.63) is 42.0 Å². The Morgan fingerprint density at radius 1 is 1.26 bits per heavy atom. The number of aromatic nitrogens is 2. The number of rotatable bonds is 7. The summed E-state index contributed by atoms with van der Waals surface area (Å²) in [6, 6.07) is 8.16. The van der Waals surface area contributed by atoms with Crippen LogP contribution >= 0.6 is 0 Å². The van der Waals surface area contributed by atoms with Gasteiger partial charge in [-0.2, -0.15) is 4.98 Å². The van der Waals surface area contributed by atoms with Crippen molar-refractivity contribution in [1.29, 1.82) is 0 Å². The second kappa shape index (κ2) is 7.36. The molecule has 1 aromatic carbocycles. The zero-order chi connectivity index (χ0) is 16.9. The van der Waals surface area contributed by atoms with E-state index < -0.39 is 9.84 Å². The van der Waals surface area contributed by atoms with Gasteiger partial charge in [-0.05, 0) is 26.0 Å². The molecule has 0 spiro atoms. The van der Waals surface area contributed by atoms with Crippen LogP contribution in [0.15, 0.2) is 39.8 Å². The minimum Gasteiger partial charge on any atom is -0.354 e. The van der Waals surface area contributed by atoms with E-state index >= 15 is 0 Å². The largest absolute Gasteiger partial charge is 0.354 e. The molecule has 7 nitrogen and oxygen atoms in total. The summed E-state index contributed by atoms with van der Waals surface area (Å²) in [6.45, 7) is 3.74. The van der Waals surface area contributed by atoms with Crippen LogP contribution in [0, 0.1) is 0 Å². The summed E-state index contributed by atoms with van der Waals surface area (Å²) in [5, 5.41) is 6.42. The molecule has 1 heterocycles. The number of hydrogen-bond donors (Lipinski definition) is 1. The third-order valence-corrected chi connectivity index (χ3v) is 4.58. The van der Waals surface area contributed by atoms with E-state index in [9.17, 15) is 13.2 Å². The van der Waals surface area contributed by atoms with E-state index in [-0.39, 0.29) is 47.2 Å². The lowest BCUT2D eigenvalue weighted by molar-refractivity contribution is -0.121. The molecule has 124 valence electrons. The van der Waals surface area contributed by atoms with Crippen molar-refractivity contribution in [3.63, 3.8) is 0 Å². The molecule has 0 radical (unpaired) electrons. The monoisotopic (exact) mass is 337 g/mol. The molecule has 1 N–H and O–H groups in total. The molecular weight excluding hydrogens is 318 g/mol. The number of hydrogen-bond acceptors (Lipinski definition) is 6. The number of amides is 1. The van der Waals surface area contributed by atoms with E-state index in [1.54, 1.807) is 18.2 Å². The summed E-state index contributed by atoms with van der Waals surface area (Å²) < 4.78 is 29.4. The first-order valence-corrected chi connectivity index (χ1v) is 8.90. The van der Waals surface area contributed by atoms with Crippen LogP contribution in [0.3, 0.4) is 0 Å². The summed E-state index contributed by atoms with van der Waals surface area (Å²) in [5.41, 5.74) is 0. The van der Waals surface area contributed by atoms with Gasteiger partial charge < -0.3 is 9.84 Å². The molecule has 23 heavy (non-hydrogen) atoms. The first kappa shape index (κ1) is 17.1. The minimum absolute atomic E-state index is 0.0664. The van der Waals surface area contributed by atoms with Gasteiger partial charge in [0.1, 0.15) is 5.75 Å². The molecule has 0 bridgehead atoms. The van der Waals surface area contributed by atoms with Crippen LogP contribution in [0.1, 0.15) is 32.0 Å². The van der Waals surface area contributed by atoms with Crippen LogP contribution < -0.4 is 5.32 Å². The maximum atomic E-state index is 12.2. The number of nitrogens with zero attached hydrogens (tertiary/aromatic N) is 2. The Kier molecular flexibility index (Phi) is 5.49. The molecule has 0 saturated carbocycles. The van der Waals surface area contributed by atoms with E-state index in [1.807, 2.05) is 13.8 Å². The van der Waals surface area contributed by atoms with E-state index in [0.29, 0.717) is 0 Å². The molecule has 8 heteroatoms. The lowest BCUT2D eigenvalue weighted by Gasteiger charge is -2.06. The highest BCUT2D eigenvalue weighted by molar-refractivity contribution is 7.90. The van der Waals surface area contributed by atoms with Gasteiger partial charge in [0.15, 0.2) is 15.7 Å². The standard InChI is InChI=1S/C15H19N3O4S/c1-11(2)16-14(19)8-9-15-17-13(18-22-15)10-23(20,21)12-6-4-3-5-7-12/h3-7,11H,8-10H2,1-2H3,(H,16,19). The molecule has 1 amide bonds. The Morgan fingerprint density at radius 2 is 1.96 bits per heavy atom. The van der Waals surface area contributed by atoms with Crippen molar-refractivity contribution in [2.24, 2.45) is 0 Å². The van der Waals surface area contributed by atoms with Gasteiger partial charge >= 0.3 is 0 Å². The fourth-order valence-electron chi connectivity index (χ4n) is 1.95. The third-order valence-electron chi connectivity index (χ3n) is 2.95. The third kappa shape index (κ3) is 5.17. The normalized spacial score (nSPS) is 11.6. The molecule has 0 fully saturated rings. The average Bonchev–Trinajstić information content (AvgIpc) is 2.92.